The normalized spacial score (nSPS) is 10.4. The fourth-order valence-electron chi connectivity index (χ4n) is 1.71. The average molecular weight is 297 g/mol. The van der Waals surface area contributed by atoms with E-state index in [1.165, 1.54) is 11.3 Å². The number of benzene rings is 1. The molecule has 19 heavy (non-hydrogen) atoms. The van der Waals surface area contributed by atoms with Gasteiger partial charge in [-0.3, -0.25) is 0 Å². The van der Waals surface area contributed by atoms with Crippen LogP contribution < -0.4 is 11.1 Å². The number of carboxylic acid groups (broad SMARTS) is 1. The first kappa shape index (κ1) is 13.7. The molecule has 0 saturated heterocycles. The van der Waals surface area contributed by atoms with Crippen molar-refractivity contribution in [2.24, 2.45) is 0 Å². The van der Waals surface area contributed by atoms with E-state index in [9.17, 15) is 4.79 Å². The Morgan fingerprint density at radius 1 is 1.47 bits per heavy atom. The van der Waals surface area contributed by atoms with Gasteiger partial charge in [0.1, 0.15) is 0 Å². The molecule has 0 fully saturated rings. The van der Waals surface area contributed by atoms with Crippen LogP contribution in [0.25, 0.3) is 0 Å². The molecule has 1 aromatic heterocycles. The van der Waals surface area contributed by atoms with E-state index in [4.69, 9.17) is 22.4 Å². The molecule has 2 rings (SSSR count). The molecule has 0 unspecified atom stereocenters. The first-order valence-electron chi connectivity index (χ1n) is 5.59. The maximum Gasteiger partial charge on any atom is 0.337 e. The Kier molecular flexibility index (Phi) is 3.97. The van der Waals surface area contributed by atoms with Crippen molar-refractivity contribution in [1.29, 1.82) is 0 Å². The largest absolute Gasteiger partial charge is 0.478 e. The summed E-state index contributed by atoms with van der Waals surface area (Å²) in [5.41, 5.74) is 7.63. The number of nitrogen functional groups attached to an aromatic ring is 1. The minimum atomic E-state index is -1.02. The van der Waals surface area contributed by atoms with Gasteiger partial charge in [-0.05, 0) is 36.8 Å². The van der Waals surface area contributed by atoms with E-state index >= 15 is 0 Å². The Morgan fingerprint density at radius 3 is 2.79 bits per heavy atom. The molecule has 1 aromatic carbocycles. The first-order valence-corrected chi connectivity index (χ1v) is 6.78. The first-order chi connectivity index (χ1) is 8.97. The van der Waals surface area contributed by atoms with E-state index in [-0.39, 0.29) is 5.56 Å². The maximum absolute atomic E-state index is 11.1. The second-order valence-corrected chi connectivity index (χ2v) is 5.92. The van der Waals surface area contributed by atoms with Gasteiger partial charge in [0.05, 0.1) is 9.90 Å². The van der Waals surface area contributed by atoms with Crippen LogP contribution in [0, 0.1) is 6.92 Å². The van der Waals surface area contributed by atoms with Gasteiger partial charge in [0.25, 0.3) is 0 Å². The number of thiophene rings is 1. The minimum Gasteiger partial charge on any atom is -0.478 e. The number of carboxylic acids is 1. The minimum absolute atomic E-state index is 0.117. The van der Waals surface area contributed by atoms with Crippen LogP contribution in [0.1, 0.15) is 20.8 Å². The third-order valence-electron chi connectivity index (χ3n) is 2.71. The van der Waals surface area contributed by atoms with Crippen molar-refractivity contribution < 1.29 is 9.90 Å². The van der Waals surface area contributed by atoms with E-state index in [2.05, 4.69) is 5.32 Å². The molecule has 0 aliphatic carbocycles. The van der Waals surface area contributed by atoms with Crippen LogP contribution in [0.15, 0.2) is 24.3 Å². The van der Waals surface area contributed by atoms with Crippen molar-refractivity contribution in [3.05, 3.63) is 44.6 Å². The van der Waals surface area contributed by atoms with Gasteiger partial charge in [-0.25, -0.2) is 4.79 Å². The van der Waals surface area contributed by atoms with Crippen LogP contribution in [-0.2, 0) is 6.54 Å². The Bertz CT molecular complexity index is 625. The highest BCUT2D eigenvalue weighted by Crippen LogP contribution is 2.25. The average Bonchev–Trinajstić information content (AvgIpc) is 2.76. The number of anilines is 2. The number of aromatic carboxylic acids is 1. The van der Waals surface area contributed by atoms with Crippen LogP contribution in [0.4, 0.5) is 11.4 Å². The molecule has 100 valence electrons. The lowest BCUT2D eigenvalue weighted by molar-refractivity contribution is 0.0698. The lowest BCUT2D eigenvalue weighted by Crippen LogP contribution is -2.06. The van der Waals surface area contributed by atoms with Crippen LogP contribution in [0.2, 0.25) is 4.34 Å². The van der Waals surface area contributed by atoms with E-state index in [1.807, 2.05) is 18.2 Å². The van der Waals surface area contributed by atoms with Crippen LogP contribution in [0.3, 0.4) is 0 Å². The summed E-state index contributed by atoms with van der Waals surface area (Å²) in [6.45, 7) is 2.38. The highest BCUT2D eigenvalue weighted by Gasteiger charge is 2.11. The van der Waals surface area contributed by atoms with Crippen molar-refractivity contribution in [1.82, 2.24) is 0 Å². The Morgan fingerprint density at radius 2 is 2.21 bits per heavy atom. The number of nitrogens with one attached hydrogen (secondary N) is 1. The van der Waals surface area contributed by atoms with Gasteiger partial charge in [0, 0.05) is 22.8 Å². The fourth-order valence-corrected chi connectivity index (χ4v) is 2.74. The van der Waals surface area contributed by atoms with Gasteiger partial charge in [0.2, 0.25) is 0 Å². The number of hydrogen-bond acceptors (Lipinski definition) is 4. The number of nitrogens with two attached hydrogens (primary N) is 1. The van der Waals surface area contributed by atoms with Gasteiger partial charge < -0.3 is 16.2 Å². The van der Waals surface area contributed by atoms with E-state index < -0.39 is 5.97 Å². The lowest BCUT2D eigenvalue weighted by atomic mass is 10.1. The Hall–Kier alpha value is -1.72. The predicted octanol–water partition coefficient (Wildman–Crippen LogP) is 3.60. The molecule has 0 atom stereocenters. The van der Waals surface area contributed by atoms with Crippen LogP contribution >= 0.6 is 22.9 Å². The molecule has 2 aromatic rings. The highest BCUT2D eigenvalue weighted by molar-refractivity contribution is 7.16. The lowest BCUT2D eigenvalue weighted by Gasteiger charge is -2.10. The van der Waals surface area contributed by atoms with Crippen LogP contribution in [0.5, 0.6) is 0 Å². The second-order valence-electron chi connectivity index (χ2n) is 4.12. The SMILES string of the molecule is Cc1cc(NCc2ccc(Cl)s2)cc(C(=O)O)c1N. The zero-order valence-electron chi connectivity index (χ0n) is 10.2. The summed E-state index contributed by atoms with van der Waals surface area (Å²) in [4.78, 5) is 12.2. The predicted molar refractivity (Wildman–Crippen MR) is 79.2 cm³/mol. The third kappa shape index (κ3) is 3.19. The van der Waals surface area contributed by atoms with Crippen molar-refractivity contribution >= 4 is 40.3 Å². The third-order valence-corrected chi connectivity index (χ3v) is 3.94. The van der Waals surface area contributed by atoms with Crippen molar-refractivity contribution in [2.75, 3.05) is 11.1 Å². The van der Waals surface area contributed by atoms with E-state index in [0.717, 1.165) is 20.5 Å². The molecule has 1 heterocycles. The maximum atomic E-state index is 11.1. The number of halogens is 1. The molecule has 4 nitrogen and oxygen atoms in total. The molecule has 0 amide bonds. The smallest absolute Gasteiger partial charge is 0.337 e. The topological polar surface area (TPSA) is 75.3 Å². The monoisotopic (exact) mass is 296 g/mol. The molecule has 4 N–H and O–H groups in total. The molecular formula is C13H13ClN2O2S. The van der Waals surface area contributed by atoms with Gasteiger partial charge >= 0.3 is 5.97 Å². The molecule has 0 aliphatic rings. The zero-order valence-corrected chi connectivity index (χ0v) is 11.8. The summed E-state index contributed by atoms with van der Waals surface area (Å²) < 4.78 is 0.733. The molecule has 6 heteroatoms. The van der Waals surface area contributed by atoms with E-state index in [1.54, 1.807) is 13.0 Å². The second kappa shape index (κ2) is 5.50. The molecular weight excluding hydrogens is 284 g/mol. The van der Waals surface area contributed by atoms with Gasteiger partial charge in [-0.15, -0.1) is 11.3 Å². The molecule has 0 aliphatic heterocycles. The van der Waals surface area contributed by atoms with Crippen molar-refractivity contribution in [3.63, 3.8) is 0 Å². The Balaban J connectivity index is 2.19. The van der Waals surface area contributed by atoms with Crippen molar-refractivity contribution in [2.45, 2.75) is 13.5 Å². The summed E-state index contributed by atoms with van der Waals surface area (Å²) in [7, 11) is 0. The summed E-state index contributed by atoms with van der Waals surface area (Å²) in [6, 6.07) is 7.14. The van der Waals surface area contributed by atoms with Gasteiger partial charge in [0.15, 0.2) is 0 Å². The number of carbonyl (C=O) groups is 1. The quantitative estimate of drug-likeness (QED) is 0.754. The zero-order chi connectivity index (χ0) is 14.0. The number of rotatable bonds is 4. The highest BCUT2D eigenvalue weighted by atomic mass is 35.5. The summed E-state index contributed by atoms with van der Waals surface area (Å²) in [5.74, 6) is -1.02. The molecule has 0 bridgehead atoms. The van der Waals surface area contributed by atoms with Gasteiger partial charge in [-0.1, -0.05) is 11.6 Å². The van der Waals surface area contributed by atoms with Crippen molar-refractivity contribution in [3.8, 4) is 0 Å². The number of aryl methyl sites for hydroxylation is 1. The molecule has 0 saturated carbocycles. The van der Waals surface area contributed by atoms with Gasteiger partial charge in [-0.2, -0.15) is 0 Å². The number of hydrogen-bond donors (Lipinski definition) is 3. The summed E-state index contributed by atoms with van der Waals surface area (Å²) >= 11 is 7.34. The Labute approximate surface area is 119 Å². The molecule has 0 radical (unpaired) electrons. The standard InChI is InChI=1S/C13H13ClN2O2S/c1-7-4-8(5-10(12(7)15)13(17)18)16-6-9-2-3-11(14)19-9/h2-5,16H,6,15H2,1H3,(H,17,18). The van der Waals surface area contributed by atoms with Crippen LogP contribution in [-0.4, -0.2) is 11.1 Å². The summed E-state index contributed by atoms with van der Waals surface area (Å²) in [6.07, 6.45) is 0. The fraction of sp³-hybridized carbons (Fsp3) is 0.154. The summed E-state index contributed by atoms with van der Waals surface area (Å²) in [5, 5.41) is 12.3. The van der Waals surface area contributed by atoms with E-state index in [0.29, 0.717) is 12.2 Å². The molecule has 0 spiro atoms.